The Morgan fingerprint density at radius 2 is 1.88 bits per heavy atom. The maximum Gasteiger partial charge on any atom is 0.273 e. The molecule has 1 saturated heterocycles. The van der Waals surface area contributed by atoms with Crippen LogP contribution in [0.4, 0.5) is 16.5 Å². The van der Waals surface area contributed by atoms with E-state index < -0.39 is 10.8 Å². The molecule has 32 heavy (non-hydrogen) atoms. The second kappa shape index (κ2) is 8.46. The maximum absolute atomic E-state index is 12.6. The molecule has 0 radical (unpaired) electrons. The van der Waals surface area contributed by atoms with Crippen LogP contribution in [0.5, 0.6) is 0 Å². The standard InChI is InChI=1S/C22H21N5O4S/c1-12-5-7-17(8-14(12)3)26-11-16(10-19(26)28)21-24-25-22(32-21)23-20(29)15-6-4-13(2)18(9-15)27(30)31/h4-9,16H,10-11H2,1-3H3,(H,23,25,29). The lowest BCUT2D eigenvalue weighted by molar-refractivity contribution is -0.385. The molecule has 4 rings (SSSR count). The highest BCUT2D eigenvalue weighted by Gasteiger charge is 2.34. The number of hydrogen-bond acceptors (Lipinski definition) is 7. The van der Waals surface area contributed by atoms with Crippen molar-refractivity contribution in [1.29, 1.82) is 0 Å². The number of hydrogen-bond donors (Lipinski definition) is 1. The fraction of sp³-hybridized carbons (Fsp3) is 0.273. The Balaban J connectivity index is 1.46. The molecule has 1 N–H and O–H groups in total. The normalized spacial score (nSPS) is 15.8. The summed E-state index contributed by atoms with van der Waals surface area (Å²) in [5, 5.41) is 22.9. The van der Waals surface area contributed by atoms with Gasteiger partial charge in [-0.3, -0.25) is 25.0 Å². The summed E-state index contributed by atoms with van der Waals surface area (Å²) in [6, 6.07) is 10.2. The first kappa shape index (κ1) is 21.6. The van der Waals surface area contributed by atoms with E-state index in [1.165, 1.54) is 35.1 Å². The number of aromatic nitrogens is 2. The molecule has 0 spiro atoms. The van der Waals surface area contributed by atoms with Crippen molar-refractivity contribution in [3.8, 4) is 0 Å². The first-order chi connectivity index (χ1) is 15.2. The van der Waals surface area contributed by atoms with Crippen molar-refractivity contribution in [3.05, 3.63) is 73.8 Å². The minimum atomic E-state index is -0.520. The number of aryl methyl sites for hydroxylation is 3. The van der Waals surface area contributed by atoms with E-state index in [0.717, 1.165) is 11.3 Å². The molecule has 164 valence electrons. The smallest absolute Gasteiger partial charge is 0.273 e. The second-order valence-corrected chi connectivity index (χ2v) is 8.84. The number of nitro groups is 1. The summed E-state index contributed by atoms with van der Waals surface area (Å²) in [6.45, 7) is 6.15. The monoisotopic (exact) mass is 451 g/mol. The molecule has 1 atom stereocenters. The summed E-state index contributed by atoms with van der Waals surface area (Å²) in [5.41, 5.74) is 3.67. The Bertz CT molecular complexity index is 1240. The van der Waals surface area contributed by atoms with Crippen LogP contribution in [-0.4, -0.2) is 33.5 Å². The largest absolute Gasteiger partial charge is 0.312 e. The SMILES string of the molecule is Cc1ccc(N2CC(c3nnc(NC(=O)c4ccc(C)c([N+](=O)[O-])c4)s3)CC2=O)cc1C. The third-order valence-corrected chi connectivity index (χ3v) is 6.61. The number of carbonyl (C=O) groups is 2. The first-order valence-electron chi connectivity index (χ1n) is 10.0. The third-order valence-electron chi connectivity index (χ3n) is 5.61. The van der Waals surface area contributed by atoms with E-state index in [9.17, 15) is 19.7 Å². The molecule has 1 aromatic heterocycles. The summed E-state index contributed by atoms with van der Waals surface area (Å²) in [7, 11) is 0. The van der Waals surface area contributed by atoms with Crippen molar-refractivity contribution in [3.63, 3.8) is 0 Å². The molecule has 9 nitrogen and oxygen atoms in total. The Labute approximate surface area is 188 Å². The molecule has 10 heteroatoms. The molecule has 2 aromatic carbocycles. The highest BCUT2D eigenvalue weighted by atomic mass is 32.1. The van der Waals surface area contributed by atoms with Gasteiger partial charge in [-0.05, 0) is 50.1 Å². The summed E-state index contributed by atoms with van der Waals surface area (Å²) in [4.78, 5) is 37.5. The Morgan fingerprint density at radius 3 is 2.59 bits per heavy atom. The fourth-order valence-electron chi connectivity index (χ4n) is 3.58. The Morgan fingerprint density at radius 1 is 1.12 bits per heavy atom. The van der Waals surface area contributed by atoms with Crippen LogP contribution in [0.15, 0.2) is 36.4 Å². The molecule has 1 aliphatic heterocycles. The molecule has 0 aliphatic carbocycles. The van der Waals surface area contributed by atoms with Gasteiger partial charge < -0.3 is 4.90 Å². The summed E-state index contributed by atoms with van der Waals surface area (Å²) in [6.07, 6.45) is 0.319. The lowest BCUT2D eigenvalue weighted by atomic mass is 10.1. The average molecular weight is 452 g/mol. The topological polar surface area (TPSA) is 118 Å². The summed E-state index contributed by atoms with van der Waals surface area (Å²) >= 11 is 1.20. The highest BCUT2D eigenvalue weighted by Crippen LogP contribution is 2.35. The van der Waals surface area contributed by atoms with E-state index in [4.69, 9.17) is 0 Å². The van der Waals surface area contributed by atoms with Crippen molar-refractivity contribution < 1.29 is 14.5 Å². The van der Waals surface area contributed by atoms with E-state index in [2.05, 4.69) is 15.5 Å². The number of nitrogens with zero attached hydrogens (tertiary/aromatic N) is 4. The van der Waals surface area contributed by atoms with Crippen LogP contribution in [0, 0.1) is 30.9 Å². The van der Waals surface area contributed by atoms with E-state index in [-0.39, 0.29) is 28.2 Å². The van der Waals surface area contributed by atoms with Gasteiger partial charge in [-0.15, -0.1) is 10.2 Å². The lowest BCUT2D eigenvalue weighted by Gasteiger charge is -2.17. The van der Waals surface area contributed by atoms with Crippen LogP contribution >= 0.6 is 11.3 Å². The molecule has 2 heterocycles. The zero-order valence-corrected chi connectivity index (χ0v) is 18.6. The van der Waals surface area contributed by atoms with Crippen molar-refractivity contribution in [1.82, 2.24) is 10.2 Å². The fourth-order valence-corrected chi connectivity index (χ4v) is 4.41. The van der Waals surface area contributed by atoms with Gasteiger partial charge in [-0.25, -0.2) is 0 Å². The minimum absolute atomic E-state index is 0.0194. The molecule has 1 unspecified atom stereocenters. The number of rotatable bonds is 5. The van der Waals surface area contributed by atoms with E-state index in [1.807, 2.05) is 32.0 Å². The van der Waals surface area contributed by atoms with Crippen LogP contribution < -0.4 is 10.2 Å². The quantitative estimate of drug-likeness (QED) is 0.460. The number of anilines is 2. The minimum Gasteiger partial charge on any atom is -0.312 e. The Kier molecular flexibility index (Phi) is 5.70. The van der Waals surface area contributed by atoms with Gasteiger partial charge in [0, 0.05) is 41.8 Å². The second-order valence-electron chi connectivity index (χ2n) is 7.83. The van der Waals surface area contributed by atoms with Crippen molar-refractivity contribution in [2.24, 2.45) is 0 Å². The molecular weight excluding hydrogens is 430 g/mol. The van der Waals surface area contributed by atoms with E-state index in [1.54, 1.807) is 11.8 Å². The summed E-state index contributed by atoms with van der Waals surface area (Å²) in [5.74, 6) is -0.603. The van der Waals surface area contributed by atoms with Crippen molar-refractivity contribution in [2.75, 3.05) is 16.8 Å². The molecule has 1 fully saturated rings. The highest BCUT2D eigenvalue weighted by molar-refractivity contribution is 7.15. The van der Waals surface area contributed by atoms with Crippen LogP contribution in [0.2, 0.25) is 0 Å². The first-order valence-corrected chi connectivity index (χ1v) is 10.8. The van der Waals surface area contributed by atoms with Crippen LogP contribution in [0.1, 0.15) is 44.4 Å². The predicted octanol–water partition coefficient (Wildman–Crippen LogP) is 4.14. The van der Waals surface area contributed by atoms with Crippen molar-refractivity contribution >= 4 is 39.7 Å². The zero-order valence-electron chi connectivity index (χ0n) is 17.8. The van der Waals surface area contributed by atoms with Gasteiger partial charge >= 0.3 is 0 Å². The number of carbonyl (C=O) groups excluding carboxylic acids is 2. The number of nitro benzene ring substituents is 1. The third kappa shape index (κ3) is 4.22. The van der Waals surface area contributed by atoms with Gasteiger partial charge in [0.25, 0.3) is 11.6 Å². The molecule has 3 aromatic rings. The molecule has 0 saturated carbocycles. The molecular formula is C22H21N5O4S. The molecule has 1 aliphatic rings. The van der Waals surface area contributed by atoms with Gasteiger partial charge in [0.2, 0.25) is 11.0 Å². The van der Waals surface area contributed by atoms with Crippen LogP contribution in [0.25, 0.3) is 0 Å². The van der Waals surface area contributed by atoms with Gasteiger partial charge in [-0.1, -0.05) is 23.5 Å². The Hall–Kier alpha value is -3.66. The molecule has 2 amide bonds. The van der Waals surface area contributed by atoms with E-state index in [0.29, 0.717) is 23.5 Å². The lowest BCUT2D eigenvalue weighted by Crippen LogP contribution is -2.24. The maximum atomic E-state index is 12.6. The number of amides is 2. The van der Waals surface area contributed by atoms with Gasteiger partial charge in [0.05, 0.1) is 4.92 Å². The average Bonchev–Trinajstić information content (AvgIpc) is 3.36. The molecule has 0 bridgehead atoms. The van der Waals surface area contributed by atoms with Crippen LogP contribution in [-0.2, 0) is 4.79 Å². The van der Waals surface area contributed by atoms with Gasteiger partial charge in [0.15, 0.2) is 0 Å². The van der Waals surface area contributed by atoms with Crippen LogP contribution in [0.3, 0.4) is 0 Å². The van der Waals surface area contributed by atoms with Crippen molar-refractivity contribution in [2.45, 2.75) is 33.1 Å². The van der Waals surface area contributed by atoms with Gasteiger partial charge in [-0.2, -0.15) is 0 Å². The zero-order chi connectivity index (χ0) is 23.0. The number of benzene rings is 2. The summed E-state index contributed by atoms with van der Waals surface area (Å²) < 4.78 is 0. The van der Waals surface area contributed by atoms with Gasteiger partial charge in [0.1, 0.15) is 5.01 Å². The van der Waals surface area contributed by atoms with E-state index >= 15 is 0 Å². The number of nitrogens with one attached hydrogen (secondary N) is 1. The predicted molar refractivity (Wildman–Crippen MR) is 121 cm³/mol.